The van der Waals surface area contributed by atoms with Crippen LogP contribution in [-0.4, -0.2) is 40.4 Å². The molecule has 2 aromatic heterocycles. The van der Waals surface area contributed by atoms with E-state index >= 15 is 0 Å². The summed E-state index contributed by atoms with van der Waals surface area (Å²) in [5.74, 6) is 0.0251. The number of nitriles is 1. The van der Waals surface area contributed by atoms with Gasteiger partial charge >= 0.3 is 0 Å². The third-order valence-corrected chi connectivity index (χ3v) is 3.68. The van der Waals surface area contributed by atoms with Crippen molar-refractivity contribution < 1.29 is 14.0 Å². The monoisotopic (exact) mass is 342 g/mol. The number of furan rings is 1. The molecular formula is C18H22N4O3. The first-order chi connectivity index (χ1) is 11.9. The zero-order chi connectivity index (χ0) is 18.6. The summed E-state index contributed by atoms with van der Waals surface area (Å²) in [6, 6.07) is 5.65. The Labute approximate surface area is 146 Å². The minimum absolute atomic E-state index is 0.00742. The van der Waals surface area contributed by atoms with Crippen LogP contribution in [0.1, 0.15) is 42.5 Å². The maximum atomic E-state index is 12.9. The largest absolute Gasteiger partial charge is 0.443 e. The summed E-state index contributed by atoms with van der Waals surface area (Å²) in [5.41, 5.74) is 0.367. The molecule has 0 aliphatic heterocycles. The number of amides is 2. The molecule has 2 heterocycles. The minimum Gasteiger partial charge on any atom is -0.443 e. The fourth-order valence-corrected chi connectivity index (χ4v) is 2.57. The van der Waals surface area contributed by atoms with Crippen LogP contribution in [0, 0.1) is 18.3 Å². The molecule has 0 saturated carbocycles. The highest BCUT2D eigenvalue weighted by Crippen LogP contribution is 2.26. The van der Waals surface area contributed by atoms with Crippen LogP contribution in [0.2, 0.25) is 0 Å². The van der Waals surface area contributed by atoms with Gasteiger partial charge in [0.05, 0.1) is 6.54 Å². The van der Waals surface area contributed by atoms with Gasteiger partial charge in [-0.25, -0.2) is 0 Å². The fraction of sp³-hybridized carbons (Fsp3) is 0.389. The predicted molar refractivity (Wildman–Crippen MR) is 92.3 cm³/mol. The summed E-state index contributed by atoms with van der Waals surface area (Å²) in [5, 5.41) is 12.3. The summed E-state index contributed by atoms with van der Waals surface area (Å²) in [7, 11) is 0. The highest BCUT2D eigenvalue weighted by atomic mass is 16.4. The first-order valence-corrected chi connectivity index (χ1v) is 8.14. The van der Waals surface area contributed by atoms with Crippen molar-refractivity contribution in [2.75, 3.05) is 13.1 Å². The van der Waals surface area contributed by atoms with Gasteiger partial charge in [-0.3, -0.25) is 14.2 Å². The topological polar surface area (TPSA) is 91.3 Å². The highest BCUT2D eigenvalue weighted by molar-refractivity contribution is 6.00. The van der Waals surface area contributed by atoms with Crippen molar-refractivity contribution in [1.29, 1.82) is 5.26 Å². The Hall–Kier alpha value is -3.01. The molecule has 7 nitrogen and oxygen atoms in total. The molecule has 0 bridgehead atoms. The summed E-state index contributed by atoms with van der Waals surface area (Å²) in [6.45, 7) is 7.42. The molecule has 0 atom stereocenters. The standard InChI is InChI=1S/C18H22N4O3/c1-5-21(11-15(23)20-12(2)3)17(24)16-13(4)25-18(14(16)10-19)22-8-6-7-9-22/h6-9,12H,5,11H2,1-4H3,(H,20,23). The van der Waals surface area contributed by atoms with Crippen LogP contribution in [-0.2, 0) is 4.79 Å². The molecule has 0 radical (unpaired) electrons. The van der Waals surface area contributed by atoms with Gasteiger partial charge in [0, 0.05) is 25.0 Å². The lowest BCUT2D eigenvalue weighted by Crippen LogP contribution is -2.42. The number of aryl methyl sites for hydroxylation is 1. The third kappa shape index (κ3) is 3.91. The van der Waals surface area contributed by atoms with Gasteiger partial charge in [0.25, 0.3) is 5.91 Å². The van der Waals surface area contributed by atoms with Crippen molar-refractivity contribution in [2.24, 2.45) is 0 Å². The average molecular weight is 342 g/mol. The smallest absolute Gasteiger partial charge is 0.259 e. The molecule has 2 amide bonds. The van der Waals surface area contributed by atoms with Crippen LogP contribution < -0.4 is 5.32 Å². The van der Waals surface area contributed by atoms with E-state index in [0.29, 0.717) is 18.2 Å². The quantitative estimate of drug-likeness (QED) is 0.871. The molecule has 0 saturated heterocycles. The Bertz CT molecular complexity index is 797. The average Bonchev–Trinajstić information content (AvgIpc) is 3.18. The minimum atomic E-state index is -0.391. The Morgan fingerprint density at radius 2 is 2.00 bits per heavy atom. The lowest BCUT2D eigenvalue weighted by atomic mass is 10.1. The SMILES string of the molecule is CCN(CC(=O)NC(C)C)C(=O)c1c(C)oc(-n2cccc2)c1C#N. The van der Waals surface area contributed by atoms with Crippen LogP contribution in [0.4, 0.5) is 0 Å². The van der Waals surface area contributed by atoms with Gasteiger partial charge in [0.2, 0.25) is 11.8 Å². The highest BCUT2D eigenvalue weighted by Gasteiger charge is 2.28. The number of likely N-dealkylation sites (N-methyl/N-ethyl adjacent to an activating group) is 1. The second kappa shape index (κ2) is 7.71. The van der Waals surface area contributed by atoms with Crippen molar-refractivity contribution in [1.82, 2.24) is 14.8 Å². The second-order valence-corrected chi connectivity index (χ2v) is 5.96. The van der Waals surface area contributed by atoms with Crippen LogP contribution in [0.5, 0.6) is 0 Å². The summed E-state index contributed by atoms with van der Waals surface area (Å²) in [4.78, 5) is 26.3. The third-order valence-electron chi connectivity index (χ3n) is 3.68. The molecule has 1 N–H and O–H groups in total. The number of carbonyl (C=O) groups excluding carboxylic acids is 2. The van der Waals surface area contributed by atoms with Gasteiger partial charge in [-0.1, -0.05) is 0 Å². The van der Waals surface area contributed by atoms with Crippen LogP contribution in [0.3, 0.4) is 0 Å². The number of aromatic nitrogens is 1. The van der Waals surface area contributed by atoms with Crippen LogP contribution in [0.15, 0.2) is 28.9 Å². The van der Waals surface area contributed by atoms with E-state index in [4.69, 9.17) is 4.42 Å². The van der Waals surface area contributed by atoms with E-state index in [1.165, 1.54) is 4.90 Å². The Morgan fingerprint density at radius 1 is 1.36 bits per heavy atom. The Kier molecular flexibility index (Phi) is 5.65. The zero-order valence-corrected chi connectivity index (χ0v) is 14.9. The number of hydrogen-bond acceptors (Lipinski definition) is 4. The molecule has 2 rings (SSSR count). The second-order valence-electron chi connectivity index (χ2n) is 5.96. The van der Waals surface area contributed by atoms with E-state index in [-0.39, 0.29) is 29.6 Å². The first kappa shape index (κ1) is 18.3. The van der Waals surface area contributed by atoms with E-state index < -0.39 is 5.91 Å². The van der Waals surface area contributed by atoms with Gasteiger partial charge in [-0.2, -0.15) is 5.26 Å². The number of hydrogen-bond donors (Lipinski definition) is 1. The molecule has 2 aromatic rings. The van der Waals surface area contributed by atoms with Gasteiger partial charge in [0.15, 0.2) is 0 Å². The van der Waals surface area contributed by atoms with Gasteiger partial charge < -0.3 is 14.6 Å². The van der Waals surface area contributed by atoms with Crippen molar-refractivity contribution in [2.45, 2.75) is 33.7 Å². The van der Waals surface area contributed by atoms with E-state index in [1.54, 1.807) is 42.9 Å². The first-order valence-electron chi connectivity index (χ1n) is 8.14. The zero-order valence-electron chi connectivity index (χ0n) is 14.9. The van der Waals surface area contributed by atoms with Crippen molar-refractivity contribution in [3.63, 3.8) is 0 Å². The molecule has 0 aliphatic rings. The molecule has 0 spiro atoms. The van der Waals surface area contributed by atoms with Gasteiger partial charge in [0.1, 0.15) is 23.0 Å². The number of rotatable bonds is 6. The van der Waals surface area contributed by atoms with E-state index in [1.807, 2.05) is 13.8 Å². The maximum Gasteiger partial charge on any atom is 0.259 e. The lowest BCUT2D eigenvalue weighted by Gasteiger charge is -2.21. The van der Waals surface area contributed by atoms with Gasteiger partial charge in [-0.05, 0) is 39.8 Å². The van der Waals surface area contributed by atoms with E-state index in [0.717, 1.165) is 0 Å². The molecule has 132 valence electrons. The molecule has 0 aromatic carbocycles. The maximum absolute atomic E-state index is 12.9. The van der Waals surface area contributed by atoms with E-state index in [9.17, 15) is 14.9 Å². The molecule has 0 aliphatic carbocycles. The Morgan fingerprint density at radius 3 is 2.52 bits per heavy atom. The summed E-state index contributed by atoms with van der Waals surface area (Å²) < 4.78 is 7.30. The van der Waals surface area contributed by atoms with Gasteiger partial charge in [-0.15, -0.1) is 0 Å². The Balaban J connectivity index is 2.35. The van der Waals surface area contributed by atoms with Crippen LogP contribution in [0.25, 0.3) is 5.88 Å². The molecule has 0 fully saturated rings. The summed E-state index contributed by atoms with van der Waals surface area (Å²) >= 11 is 0. The molecule has 7 heteroatoms. The molecule has 25 heavy (non-hydrogen) atoms. The van der Waals surface area contributed by atoms with Crippen molar-refractivity contribution in [3.8, 4) is 12.0 Å². The normalized spacial score (nSPS) is 10.6. The van der Waals surface area contributed by atoms with E-state index in [2.05, 4.69) is 11.4 Å². The number of nitrogens with one attached hydrogen (secondary N) is 1. The predicted octanol–water partition coefficient (Wildman–Crippen LogP) is 2.24. The lowest BCUT2D eigenvalue weighted by molar-refractivity contribution is -0.122. The fourth-order valence-electron chi connectivity index (χ4n) is 2.57. The summed E-state index contributed by atoms with van der Waals surface area (Å²) in [6.07, 6.45) is 3.47. The van der Waals surface area contributed by atoms with Crippen molar-refractivity contribution >= 4 is 11.8 Å². The van der Waals surface area contributed by atoms with Crippen LogP contribution >= 0.6 is 0 Å². The number of carbonyl (C=O) groups is 2. The molecular weight excluding hydrogens is 320 g/mol. The molecule has 0 unspecified atom stereocenters. The van der Waals surface area contributed by atoms with Crippen molar-refractivity contribution in [3.05, 3.63) is 41.4 Å². The number of nitrogens with zero attached hydrogens (tertiary/aromatic N) is 3.